The Morgan fingerprint density at radius 1 is 0.889 bits per heavy atom. The van der Waals surface area contributed by atoms with Crippen LogP contribution in [-0.2, 0) is 0 Å². The van der Waals surface area contributed by atoms with Gasteiger partial charge in [0.25, 0.3) is 0 Å². The third-order valence-electron chi connectivity index (χ3n) is 4.47. The first kappa shape index (κ1) is 15.6. The van der Waals surface area contributed by atoms with Gasteiger partial charge < -0.3 is 4.57 Å². The van der Waals surface area contributed by atoms with Crippen molar-refractivity contribution in [3.63, 3.8) is 0 Å². The van der Waals surface area contributed by atoms with E-state index < -0.39 is 5.82 Å². The van der Waals surface area contributed by atoms with Gasteiger partial charge in [0.15, 0.2) is 5.82 Å². The molecule has 2 aromatic carbocycles. The summed E-state index contributed by atoms with van der Waals surface area (Å²) in [5.74, 6) is -0.0623. The molecule has 0 fully saturated rings. The van der Waals surface area contributed by atoms with Crippen LogP contribution in [0.4, 0.5) is 8.78 Å². The fourth-order valence-corrected chi connectivity index (χ4v) is 3.20. The van der Waals surface area contributed by atoms with E-state index >= 15 is 0 Å². The van der Waals surface area contributed by atoms with Crippen molar-refractivity contribution < 1.29 is 8.78 Å². The zero-order valence-corrected chi connectivity index (χ0v) is 14.0. The van der Waals surface area contributed by atoms with E-state index in [1.165, 1.54) is 18.2 Å². The summed E-state index contributed by atoms with van der Waals surface area (Å²) in [5.41, 5.74) is 1.70. The topological polar surface area (TPSA) is 43.6 Å². The summed E-state index contributed by atoms with van der Waals surface area (Å²) in [5, 5.41) is 1.47. The summed E-state index contributed by atoms with van der Waals surface area (Å²) < 4.78 is 30.1. The minimum Gasteiger partial charge on any atom is -0.300 e. The molecule has 0 bridgehead atoms. The molecule has 0 aliphatic rings. The molecule has 130 valence electrons. The van der Waals surface area contributed by atoms with Gasteiger partial charge in [-0.2, -0.15) is 0 Å². The van der Waals surface area contributed by atoms with Crippen molar-refractivity contribution in [2.24, 2.45) is 0 Å². The monoisotopic (exact) mass is 358 g/mol. The van der Waals surface area contributed by atoms with E-state index in [4.69, 9.17) is 0 Å². The Hall–Kier alpha value is -3.67. The molecule has 0 spiro atoms. The van der Waals surface area contributed by atoms with Gasteiger partial charge >= 0.3 is 0 Å². The molecule has 0 unspecified atom stereocenters. The third kappa shape index (κ3) is 2.54. The molecule has 5 aromatic rings. The number of aromatic nitrogens is 4. The second kappa shape index (κ2) is 5.95. The lowest BCUT2D eigenvalue weighted by Gasteiger charge is -2.11. The summed E-state index contributed by atoms with van der Waals surface area (Å²) in [7, 11) is 0. The molecule has 0 aliphatic carbocycles. The van der Waals surface area contributed by atoms with Crippen molar-refractivity contribution >= 4 is 21.8 Å². The van der Waals surface area contributed by atoms with Gasteiger partial charge in [-0.1, -0.05) is 12.1 Å². The smallest absolute Gasteiger partial charge is 0.165 e. The van der Waals surface area contributed by atoms with Gasteiger partial charge in [-0.25, -0.2) is 18.7 Å². The molecule has 0 atom stereocenters. The van der Waals surface area contributed by atoms with Crippen molar-refractivity contribution in [1.82, 2.24) is 19.5 Å². The second-order valence-corrected chi connectivity index (χ2v) is 6.13. The molecule has 3 aromatic heterocycles. The number of fused-ring (bicyclic) bond motifs is 2. The Morgan fingerprint density at radius 3 is 2.67 bits per heavy atom. The number of nitrogens with zero attached hydrogens (tertiary/aromatic N) is 4. The first-order chi connectivity index (χ1) is 13.2. The van der Waals surface area contributed by atoms with Gasteiger partial charge in [-0.3, -0.25) is 4.98 Å². The summed E-state index contributed by atoms with van der Waals surface area (Å²) in [4.78, 5) is 13.2. The number of rotatable bonds is 2. The molecule has 0 radical (unpaired) electrons. The van der Waals surface area contributed by atoms with Gasteiger partial charge in [-0.05, 0) is 42.5 Å². The number of benzene rings is 2. The minimum absolute atomic E-state index is 0.248. The van der Waals surface area contributed by atoms with Gasteiger partial charge in [0.05, 0.1) is 16.6 Å². The molecule has 0 saturated carbocycles. The van der Waals surface area contributed by atoms with Crippen molar-refractivity contribution in [1.29, 1.82) is 0 Å². The summed E-state index contributed by atoms with van der Waals surface area (Å²) in [6.07, 6.45) is 5.26. The highest BCUT2D eigenvalue weighted by Gasteiger charge is 2.15. The molecule has 0 saturated heterocycles. The zero-order valence-electron chi connectivity index (χ0n) is 14.0. The fourth-order valence-electron chi connectivity index (χ4n) is 3.20. The lowest BCUT2D eigenvalue weighted by atomic mass is 10.1. The van der Waals surface area contributed by atoms with Crippen LogP contribution in [0.25, 0.3) is 39.0 Å². The van der Waals surface area contributed by atoms with Crippen LogP contribution in [0.5, 0.6) is 0 Å². The van der Waals surface area contributed by atoms with Gasteiger partial charge in [0.1, 0.15) is 17.5 Å². The van der Waals surface area contributed by atoms with Crippen LogP contribution in [0.3, 0.4) is 0 Å². The van der Waals surface area contributed by atoms with E-state index in [1.54, 1.807) is 36.7 Å². The lowest BCUT2D eigenvalue weighted by molar-refractivity contribution is 0.628. The van der Waals surface area contributed by atoms with Crippen LogP contribution < -0.4 is 0 Å². The molecule has 0 aliphatic heterocycles. The Morgan fingerprint density at radius 2 is 1.78 bits per heavy atom. The second-order valence-electron chi connectivity index (χ2n) is 6.13. The molecular formula is C21H12F2N4. The van der Waals surface area contributed by atoms with Crippen molar-refractivity contribution in [3.8, 4) is 17.2 Å². The maximum atomic E-state index is 14.3. The molecule has 4 nitrogen and oxygen atoms in total. The molecule has 6 heteroatoms. The predicted octanol–water partition coefficient (Wildman–Crippen LogP) is 4.91. The maximum Gasteiger partial charge on any atom is 0.165 e. The van der Waals surface area contributed by atoms with Crippen LogP contribution in [0, 0.1) is 11.6 Å². The van der Waals surface area contributed by atoms with Gasteiger partial charge in [0, 0.05) is 29.4 Å². The van der Waals surface area contributed by atoms with Crippen LogP contribution in [0.2, 0.25) is 0 Å². The first-order valence-electron chi connectivity index (χ1n) is 8.34. The number of hydrogen-bond acceptors (Lipinski definition) is 3. The average Bonchev–Trinajstić information content (AvgIpc) is 3.12. The number of pyridine rings is 1. The highest BCUT2D eigenvalue weighted by Crippen LogP contribution is 2.28. The highest BCUT2D eigenvalue weighted by molar-refractivity contribution is 5.90. The van der Waals surface area contributed by atoms with E-state index in [2.05, 4.69) is 15.0 Å². The zero-order chi connectivity index (χ0) is 18.4. The van der Waals surface area contributed by atoms with E-state index in [0.717, 1.165) is 10.9 Å². The van der Waals surface area contributed by atoms with Crippen LogP contribution >= 0.6 is 0 Å². The molecule has 3 heterocycles. The minimum atomic E-state index is -0.411. The Bertz CT molecular complexity index is 1310. The summed E-state index contributed by atoms with van der Waals surface area (Å²) in [6, 6.07) is 14.4. The molecule has 27 heavy (non-hydrogen) atoms. The average molecular weight is 358 g/mol. The molecule has 0 N–H and O–H groups in total. The summed E-state index contributed by atoms with van der Waals surface area (Å²) >= 11 is 0. The largest absolute Gasteiger partial charge is 0.300 e. The molecule has 5 rings (SSSR count). The van der Waals surface area contributed by atoms with Crippen molar-refractivity contribution in [2.75, 3.05) is 0 Å². The lowest BCUT2D eigenvalue weighted by Crippen LogP contribution is -2.02. The highest BCUT2D eigenvalue weighted by atomic mass is 19.1. The Labute approximate surface area is 152 Å². The Balaban J connectivity index is 1.87. The van der Waals surface area contributed by atoms with Crippen molar-refractivity contribution in [3.05, 3.63) is 84.8 Å². The maximum absolute atomic E-state index is 14.3. The quantitative estimate of drug-likeness (QED) is 0.450. The first-order valence-corrected chi connectivity index (χ1v) is 8.34. The molecule has 0 amide bonds. The van der Waals surface area contributed by atoms with Crippen molar-refractivity contribution in [2.45, 2.75) is 0 Å². The molecular weight excluding hydrogens is 346 g/mol. The van der Waals surface area contributed by atoms with Gasteiger partial charge in [-0.15, -0.1) is 0 Å². The van der Waals surface area contributed by atoms with Crippen LogP contribution in [-0.4, -0.2) is 19.5 Å². The van der Waals surface area contributed by atoms with Gasteiger partial charge in [0.2, 0.25) is 0 Å². The SMILES string of the molecule is Fc1ccc2nc(-c3ccccc3F)nc(-n3ccc4cnccc43)c2c1. The Kier molecular flexibility index (Phi) is 3.43. The summed E-state index contributed by atoms with van der Waals surface area (Å²) in [6.45, 7) is 0. The predicted molar refractivity (Wildman–Crippen MR) is 99.5 cm³/mol. The standard InChI is InChI=1S/C21H12F2N4/c22-14-5-6-18-16(11-14)21(27-10-8-13-12-24-9-7-19(13)27)26-20(25-18)15-3-1-2-4-17(15)23/h1-12H. The normalized spacial score (nSPS) is 11.3. The van der Waals surface area contributed by atoms with E-state index in [9.17, 15) is 8.78 Å². The fraction of sp³-hybridized carbons (Fsp3) is 0. The van der Waals surface area contributed by atoms with E-state index in [0.29, 0.717) is 22.3 Å². The van der Waals surface area contributed by atoms with Crippen LogP contribution in [0.1, 0.15) is 0 Å². The van der Waals surface area contributed by atoms with Crippen LogP contribution in [0.15, 0.2) is 73.2 Å². The number of halogens is 2. The number of hydrogen-bond donors (Lipinski definition) is 0. The third-order valence-corrected chi connectivity index (χ3v) is 4.47. The van der Waals surface area contributed by atoms with E-state index in [1.807, 2.05) is 22.9 Å². The van der Waals surface area contributed by atoms with E-state index in [-0.39, 0.29) is 11.6 Å².